The second-order valence-electron chi connectivity index (χ2n) is 5.25. The Balaban J connectivity index is 2.95. The minimum absolute atomic E-state index is 0.0860. The number of halogens is 4. The van der Waals surface area contributed by atoms with E-state index in [1.54, 1.807) is 0 Å². The van der Waals surface area contributed by atoms with Crippen LogP contribution in [0.2, 0.25) is 0 Å². The van der Waals surface area contributed by atoms with Crippen LogP contribution in [0.15, 0.2) is 12.4 Å². The molecule has 1 rings (SSSR count). The highest BCUT2D eigenvalue weighted by Crippen LogP contribution is 2.44. The predicted octanol–water partition coefficient (Wildman–Crippen LogP) is 2.73. The molecule has 0 radical (unpaired) electrons. The number of hydrogen-bond donors (Lipinski definition) is 1. The first-order chi connectivity index (χ1) is 9.96. The van der Waals surface area contributed by atoms with Gasteiger partial charge < -0.3 is 9.80 Å². The number of alkyl halides is 4. The molecule has 1 heterocycles. The maximum atomic E-state index is 14.1. The van der Waals surface area contributed by atoms with Crippen molar-refractivity contribution in [1.82, 2.24) is 9.80 Å². The molecule has 5 nitrogen and oxygen atoms in total. The quantitative estimate of drug-likeness (QED) is 0.415. The molecule has 0 fully saturated rings. The van der Waals surface area contributed by atoms with Crippen molar-refractivity contribution in [2.24, 2.45) is 0 Å². The van der Waals surface area contributed by atoms with E-state index in [9.17, 15) is 26.0 Å². The lowest BCUT2D eigenvalue weighted by molar-refractivity contribution is -0.213. The third kappa shape index (κ3) is 3.48. The van der Waals surface area contributed by atoms with Gasteiger partial charge >= 0.3 is 21.3 Å². The maximum Gasteiger partial charge on any atom is 0.435 e. The lowest BCUT2D eigenvalue weighted by Gasteiger charge is -2.38. The van der Waals surface area contributed by atoms with E-state index in [0.717, 1.165) is 36.1 Å². The van der Waals surface area contributed by atoms with Crippen LogP contribution in [0.3, 0.4) is 0 Å². The predicted molar refractivity (Wildman–Crippen MR) is 73.0 cm³/mol. The van der Waals surface area contributed by atoms with Gasteiger partial charge in [0.2, 0.25) is 0 Å². The van der Waals surface area contributed by atoms with Crippen LogP contribution in [0, 0.1) is 0 Å². The van der Waals surface area contributed by atoms with Crippen LogP contribution >= 0.6 is 0 Å². The van der Waals surface area contributed by atoms with Crippen LogP contribution in [-0.4, -0.2) is 53.7 Å². The highest BCUT2D eigenvalue weighted by Gasteiger charge is 2.71. The average molecular weight is 348 g/mol. The summed E-state index contributed by atoms with van der Waals surface area (Å²) < 4.78 is 84.8. The molecule has 0 aromatic carbocycles. The molecule has 1 aliphatic rings. The third-order valence-corrected chi connectivity index (χ3v) is 4.42. The molecule has 0 aliphatic carbocycles. The zero-order valence-electron chi connectivity index (χ0n) is 12.3. The van der Waals surface area contributed by atoms with Gasteiger partial charge in [-0.05, 0) is 6.42 Å². The van der Waals surface area contributed by atoms with Crippen LogP contribution in [0.1, 0.15) is 32.6 Å². The Morgan fingerprint density at radius 2 is 1.73 bits per heavy atom. The highest BCUT2D eigenvalue weighted by atomic mass is 32.2. The first-order valence-electron chi connectivity index (χ1n) is 6.85. The van der Waals surface area contributed by atoms with Crippen LogP contribution in [0.25, 0.3) is 0 Å². The summed E-state index contributed by atoms with van der Waals surface area (Å²) in [5.41, 5.74) is 0. The lowest BCUT2D eigenvalue weighted by atomic mass is 10.1. The fraction of sp³-hybridized carbons (Fsp3) is 0.833. The molecule has 0 spiro atoms. The van der Waals surface area contributed by atoms with Crippen LogP contribution in [0.5, 0.6) is 0 Å². The fourth-order valence-corrected chi connectivity index (χ4v) is 2.74. The maximum absolute atomic E-state index is 14.1. The molecule has 1 aliphatic heterocycles. The van der Waals surface area contributed by atoms with Crippen molar-refractivity contribution in [2.45, 2.75) is 49.9 Å². The first kappa shape index (κ1) is 19.0. The second-order valence-corrected chi connectivity index (χ2v) is 6.71. The van der Waals surface area contributed by atoms with Crippen molar-refractivity contribution in [3.63, 3.8) is 0 Å². The summed E-state index contributed by atoms with van der Waals surface area (Å²) in [4.78, 5) is 1.77. The van der Waals surface area contributed by atoms with E-state index < -0.39 is 27.5 Å². The molecule has 0 saturated heterocycles. The second kappa shape index (κ2) is 6.61. The van der Waals surface area contributed by atoms with Crippen molar-refractivity contribution in [1.29, 1.82) is 0 Å². The standard InChI is InChI=1S/C12H20F4N2O3S/c1-3-4-5-6-7-18-9-8-17(2)10(18)11(13,14)12(15,16)22(19,20)21/h8-10H,3-7H2,1-2H3,(H,19,20,21). The van der Waals surface area contributed by atoms with Crippen molar-refractivity contribution in [2.75, 3.05) is 13.6 Å². The molecule has 10 heteroatoms. The monoisotopic (exact) mass is 348 g/mol. The van der Waals surface area contributed by atoms with Crippen molar-refractivity contribution < 1.29 is 30.5 Å². The van der Waals surface area contributed by atoms with E-state index in [0.29, 0.717) is 6.42 Å². The van der Waals surface area contributed by atoms with Gasteiger partial charge in [0.1, 0.15) is 0 Å². The molecule has 1 N–H and O–H groups in total. The smallest absolute Gasteiger partial charge is 0.354 e. The van der Waals surface area contributed by atoms with Gasteiger partial charge in [-0.3, -0.25) is 4.55 Å². The van der Waals surface area contributed by atoms with Gasteiger partial charge in [0.25, 0.3) is 0 Å². The van der Waals surface area contributed by atoms with Gasteiger partial charge in [0, 0.05) is 26.0 Å². The third-order valence-electron chi connectivity index (χ3n) is 3.50. The summed E-state index contributed by atoms with van der Waals surface area (Å²) in [6, 6.07) is 0. The Morgan fingerprint density at radius 1 is 1.14 bits per heavy atom. The topological polar surface area (TPSA) is 60.9 Å². The molecule has 0 aromatic rings. The largest absolute Gasteiger partial charge is 0.435 e. The van der Waals surface area contributed by atoms with E-state index in [1.807, 2.05) is 6.92 Å². The van der Waals surface area contributed by atoms with Gasteiger partial charge in [-0.2, -0.15) is 26.0 Å². The number of hydrogen-bond acceptors (Lipinski definition) is 4. The normalized spacial score (nSPS) is 20.0. The number of rotatable bonds is 8. The molecule has 0 bridgehead atoms. The van der Waals surface area contributed by atoms with Gasteiger partial charge in [0.05, 0.1) is 0 Å². The summed E-state index contributed by atoms with van der Waals surface area (Å²) in [5.74, 6) is -4.98. The summed E-state index contributed by atoms with van der Waals surface area (Å²) in [7, 11) is -5.10. The molecule has 130 valence electrons. The number of nitrogens with zero attached hydrogens (tertiary/aromatic N) is 2. The first-order valence-corrected chi connectivity index (χ1v) is 8.29. The van der Waals surface area contributed by atoms with Gasteiger partial charge in [-0.25, -0.2) is 0 Å². The zero-order chi connectivity index (χ0) is 17.2. The Bertz CT molecular complexity index is 511. The summed E-state index contributed by atoms with van der Waals surface area (Å²) in [6.07, 6.45) is 3.27. The molecular formula is C12H20F4N2O3S. The Labute approximate surface area is 127 Å². The van der Waals surface area contributed by atoms with Crippen LogP contribution in [-0.2, 0) is 10.1 Å². The Kier molecular flexibility index (Phi) is 5.71. The lowest BCUT2D eigenvalue weighted by Crippen LogP contribution is -2.61. The van der Waals surface area contributed by atoms with Gasteiger partial charge in [-0.15, -0.1) is 0 Å². The molecule has 0 amide bonds. The Morgan fingerprint density at radius 3 is 2.23 bits per heavy atom. The minimum Gasteiger partial charge on any atom is -0.354 e. The van der Waals surface area contributed by atoms with Crippen LogP contribution in [0.4, 0.5) is 17.6 Å². The highest BCUT2D eigenvalue weighted by molar-refractivity contribution is 7.87. The summed E-state index contributed by atoms with van der Waals surface area (Å²) in [6.45, 7) is 2.05. The zero-order valence-corrected chi connectivity index (χ0v) is 13.2. The summed E-state index contributed by atoms with van der Waals surface area (Å²) >= 11 is 0. The van der Waals surface area contributed by atoms with Crippen LogP contribution < -0.4 is 0 Å². The minimum atomic E-state index is -6.24. The SMILES string of the molecule is CCCCCCN1C=CN(C)C1C(F)(F)C(F)(F)S(=O)(=O)O. The molecule has 22 heavy (non-hydrogen) atoms. The van der Waals surface area contributed by atoms with Gasteiger partial charge in [-0.1, -0.05) is 26.2 Å². The van der Waals surface area contributed by atoms with E-state index in [4.69, 9.17) is 4.55 Å². The molecule has 1 unspecified atom stereocenters. The van der Waals surface area contributed by atoms with E-state index in [2.05, 4.69) is 0 Å². The molecule has 1 atom stereocenters. The molecular weight excluding hydrogens is 328 g/mol. The molecule has 0 saturated carbocycles. The van der Waals surface area contributed by atoms with Gasteiger partial charge in [0.15, 0.2) is 6.17 Å². The van der Waals surface area contributed by atoms with Crippen molar-refractivity contribution in [3.8, 4) is 0 Å². The number of unbranched alkanes of at least 4 members (excludes halogenated alkanes) is 3. The fourth-order valence-electron chi connectivity index (χ4n) is 2.29. The van der Waals surface area contributed by atoms with Crippen molar-refractivity contribution >= 4 is 10.1 Å². The Hall–Kier alpha value is -1.03. The molecule has 0 aromatic heterocycles. The summed E-state index contributed by atoms with van der Waals surface area (Å²) in [5, 5.41) is -5.58. The van der Waals surface area contributed by atoms with Crippen molar-refractivity contribution in [3.05, 3.63) is 12.4 Å². The van der Waals surface area contributed by atoms with E-state index in [-0.39, 0.29) is 6.54 Å². The van der Waals surface area contributed by atoms with E-state index >= 15 is 0 Å². The average Bonchev–Trinajstić information content (AvgIpc) is 2.75. The van der Waals surface area contributed by atoms with E-state index in [1.165, 1.54) is 12.4 Å².